The highest BCUT2D eigenvalue weighted by Gasteiger charge is 2.39. The van der Waals surface area contributed by atoms with Crippen molar-refractivity contribution in [2.75, 3.05) is 30.3 Å². The van der Waals surface area contributed by atoms with Crippen LogP contribution in [-0.2, 0) is 14.3 Å². The molecule has 2 amide bonds. The van der Waals surface area contributed by atoms with E-state index in [4.69, 9.17) is 21.4 Å². The van der Waals surface area contributed by atoms with Crippen LogP contribution >= 0.6 is 23.4 Å². The molecule has 0 saturated carbocycles. The number of halogens is 2. The molecule has 2 aliphatic heterocycles. The summed E-state index contributed by atoms with van der Waals surface area (Å²) < 4.78 is 21.5. The average Bonchev–Trinajstić information content (AvgIpc) is 3.30. The summed E-state index contributed by atoms with van der Waals surface area (Å²) in [5.41, 5.74) is 3.69. The maximum atomic E-state index is 14.0. The molecular weight excluding hydrogens is 575 g/mol. The van der Waals surface area contributed by atoms with Gasteiger partial charge in [-0.25, -0.2) is 9.07 Å². The maximum Gasteiger partial charge on any atom is 0.242 e. The van der Waals surface area contributed by atoms with Gasteiger partial charge in [0.15, 0.2) is 0 Å². The van der Waals surface area contributed by atoms with Crippen molar-refractivity contribution < 1.29 is 18.7 Å². The minimum Gasteiger partial charge on any atom is -0.372 e. The number of carbonyl (C=O) groups excluding carboxylic acids is 2. The van der Waals surface area contributed by atoms with E-state index in [2.05, 4.69) is 0 Å². The summed E-state index contributed by atoms with van der Waals surface area (Å²) in [5, 5.41) is 5.25. The van der Waals surface area contributed by atoms with E-state index in [0.29, 0.717) is 35.3 Å². The molecule has 1 fully saturated rings. The minimum atomic E-state index is -0.386. The third-order valence-corrected chi connectivity index (χ3v) is 9.04. The number of nitrogens with zero attached hydrogens (tertiary/aromatic N) is 4. The summed E-state index contributed by atoms with van der Waals surface area (Å²) in [7, 11) is 0. The number of amides is 2. The molecule has 1 saturated heterocycles. The second kappa shape index (κ2) is 11.9. The first-order chi connectivity index (χ1) is 20.3. The summed E-state index contributed by atoms with van der Waals surface area (Å²) >= 11 is 8.20. The Kier molecular flexibility index (Phi) is 8.07. The Hall–Kier alpha value is -3.66. The van der Waals surface area contributed by atoms with Crippen LogP contribution in [0.2, 0.25) is 5.02 Å². The monoisotopic (exact) mass is 604 g/mol. The van der Waals surface area contributed by atoms with Gasteiger partial charge in [0.1, 0.15) is 18.2 Å². The van der Waals surface area contributed by atoms with Gasteiger partial charge in [-0.15, -0.1) is 11.8 Å². The van der Waals surface area contributed by atoms with Gasteiger partial charge in [-0.1, -0.05) is 60.1 Å². The van der Waals surface area contributed by atoms with Crippen molar-refractivity contribution in [3.8, 4) is 16.9 Å². The van der Waals surface area contributed by atoms with Crippen LogP contribution < -0.4 is 4.90 Å². The number of thioether (sulfide) groups is 1. The highest BCUT2D eigenvalue weighted by molar-refractivity contribution is 8.00. The average molecular weight is 605 g/mol. The quantitative estimate of drug-likeness (QED) is 0.274. The van der Waals surface area contributed by atoms with Crippen molar-refractivity contribution in [2.45, 2.75) is 31.3 Å². The number of benzene rings is 3. The molecule has 2 aliphatic rings. The highest BCUT2D eigenvalue weighted by atomic mass is 35.5. The number of fused-ring (bicyclic) bond motifs is 1. The molecule has 0 radical (unpaired) electrons. The lowest BCUT2D eigenvalue weighted by Gasteiger charge is -2.36. The highest BCUT2D eigenvalue weighted by Crippen LogP contribution is 2.49. The molecule has 3 atom stereocenters. The van der Waals surface area contributed by atoms with Crippen LogP contribution in [0, 0.1) is 5.82 Å². The molecule has 216 valence electrons. The Balaban J connectivity index is 1.57. The van der Waals surface area contributed by atoms with E-state index in [9.17, 15) is 14.0 Å². The Morgan fingerprint density at radius 2 is 1.67 bits per heavy atom. The topological polar surface area (TPSA) is 67.7 Å². The SMILES string of the molecule is CC1CN(C(=O)CN2C(=O)CSC(c3ccccc3Cl)c3c(-c4ccccc4)nn(-c4ccc(F)cc4)c32)CC(C)O1. The van der Waals surface area contributed by atoms with Gasteiger partial charge >= 0.3 is 0 Å². The van der Waals surface area contributed by atoms with Crippen LogP contribution in [0.5, 0.6) is 0 Å². The summed E-state index contributed by atoms with van der Waals surface area (Å²) in [6.45, 7) is 4.60. The van der Waals surface area contributed by atoms with Crippen molar-refractivity contribution in [1.29, 1.82) is 0 Å². The fourth-order valence-corrected chi connectivity index (χ4v) is 7.18. The molecule has 3 unspecified atom stereocenters. The van der Waals surface area contributed by atoms with Crippen molar-refractivity contribution >= 4 is 41.0 Å². The molecule has 3 heterocycles. The Bertz CT molecular complexity index is 1600. The minimum absolute atomic E-state index is 0.109. The standard InChI is InChI=1S/C32H30ClFN4O3S/c1-20-16-36(17-21(2)41-20)27(39)18-37-28(40)19-42-31(25-10-6-7-11-26(25)33)29-30(22-8-4-3-5-9-22)35-38(32(29)37)24-14-12-23(34)13-15-24/h3-15,20-21,31H,16-19H2,1-2H3. The molecule has 0 bridgehead atoms. The zero-order valence-electron chi connectivity index (χ0n) is 23.2. The van der Waals surface area contributed by atoms with Gasteiger partial charge in [-0.2, -0.15) is 5.10 Å². The van der Waals surface area contributed by atoms with Gasteiger partial charge < -0.3 is 9.64 Å². The van der Waals surface area contributed by atoms with Gasteiger partial charge in [0, 0.05) is 29.2 Å². The summed E-state index contributed by atoms with van der Waals surface area (Å²) in [5.74, 6) is -0.177. The van der Waals surface area contributed by atoms with Gasteiger partial charge in [0.25, 0.3) is 0 Å². The first kappa shape index (κ1) is 28.5. The molecule has 10 heteroatoms. The first-order valence-corrected chi connectivity index (χ1v) is 15.3. The van der Waals surface area contributed by atoms with Crippen LogP contribution in [0.4, 0.5) is 10.2 Å². The molecule has 0 spiro atoms. The molecule has 7 nitrogen and oxygen atoms in total. The van der Waals surface area contributed by atoms with Crippen LogP contribution in [0.15, 0.2) is 78.9 Å². The van der Waals surface area contributed by atoms with E-state index in [0.717, 1.165) is 16.7 Å². The second-order valence-electron chi connectivity index (χ2n) is 10.6. The molecule has 42 heavy (non-hydrogen) atoms. The molecule has 0 aliphatic carbocycles. The number of morpholine rings is 1. The van der Waals surface area contributed by atoms with E-state index < -0.39 is 0 Å². The van der Waals surface area contributed by atoms with Gasteiger partial charge in [-0.3, -0.25) is 14.5 Å². The lowest BCUT2D eigenvalue weighted by molar-refractivity contribution is -0.142. The molecule has 6 rings (SSSR count). The van der Waals surface area contributed by atoms with E-state index in [1.165, 1.54) is 28.8 Å². The number of rotatable bonds is 5. The van der Waals surface area contributed by atoms with Crippen molar-refractivity contribution in [1.82, 2.24) is 14.7 Å². The third kappa shape index (κ3) is 5.56. The Morgan fingerprint density at radius 1 is 1.00 bits per heavy atom. The Morgan fingerprint density at radius 3 is 2.36 bits per heavy atom. The normalized spacial score (nSPS) is 20.8. The molecule has 1 aromatic heterocycles. The van der Waals surface area contributed by atoms with Crippen LogP contribution in [0.3, 0.4) is 0 Å². The number of carbonyl (C=O) groups is 2. The Labute approximate surface area is 253 Å². The summed E-state index contributed by atoms with van der Waals surface area (Å²) in [6, 6.07) is 23.2. The predicted molar refractivity (Wildman–Crippen MR) is 164 cm³/mol. The van der Waals surface area contributed by atoms with Crippen molar-refractivity contribution in [2.24, 2.45) is 0 Å². The van der Waals surface area contributed by atoms with Crippen LogP contribution in [-0.4, -0.2) is 64.1 Å². The van der Waals surface area contributed by atoms with Gasteiger partial charge in [-0.05, 0) is 49.7 Å². The fourth-order valence-electron chi connectivity index (χ4n) is 5.64. The third-order valence-electron chi connectivity index (χ3n) is 7.46. The number of ether oxygens (including phenoxy) is 1. The van der Waals surface area contributed by atoms with E-state index in [1.807, 2.05) is 68.4 Å². The molecule has 4 aromatic rings. The smallest absolute Gasteiger partial charge is 0.242 e. The number of anilines is 1. The van der Waals surface area contributed by atoms with E-state index in [-0.39, 0.29) is 47.4 Å². The van der Waals surface area contributed by atoms with Gasteiger partial charge in [0.05, 0.1) is 34.6 Å². The lowest BCUT2D eigenvalue weighted by atomic mass is 9.99. The fraction of sp³-hybridized carbons (Fsp3) is 0.281. The number of aromatic nitrogens is 2. The second-order valence-corrected chi connectivity index (χ2v) is 12.1. The van der Waals surface area contributed by atoms with Crippen LogP contribution in [0.25, 0.3) is 16.9 Å². The van der Waals surface area contributed by atoms with E-state index in [1.54, 1.807) is 21.7 Å². The predicted octanol–water partition coefficient (Wildman–Crippen LogP) is 6.14. The van der Waals surface area contributed by atoms with Crippen LogP contribution in [0.1, 0.15) is 30.2 Å². The zero-order chi connectivity index (χ0) is 29.4. The van der Waals surface area contributed by atoms with E-state index >= 15 is 0 Å². The zero-order valence-corrected chi connectivity index (χ0v) is 24.8. The molecule has 0 N–H and O–H groups in total. The van der Waals surface area contributed by atoms with Crippen molar-refractivity contribution in [3.63, 3.8) is 0 Å². The lowest BCUT2D eigenvalue weighted by Crippen LogP contribution is -2.52. The number of hydrogen-bond donors (Lipinski definition) is 0. The first-order valence-electron chi connectivity index (χ1n) is 13.8. The van der Waals surface area contributed by atoms with Gasteiger partial charge in [0.2, 0.25) is 11.8 Å². The maximum absolute atomic E-state index is 14.0. The summed E-state index contributed by atoms with van der Waals surface area (Å²) in [4.78, 5) is 31.0. The summed E-state index contributed by atoms with van der Waals surface area (Å²) in [6.07, 6.45) is -0.217. The molecule has 3 aromatic carbocycles. The number of hydrogen-bond acceptors (Lipinski definition) is 5. The molecular formula is C32H30ClFN4O3S. The largest absolute Gasteiger partial charge is 0.372 e. The van der Waals surface area contributed by atoms with Crippen molar-refractivity contribution in [3.05, 3.63) is 101 Å².